The summed E-state index contributed by atoms with van der Waals surface area (Å²) in [5, 5.41) is 4.29. The van der Waals surface area contributed by atoms with Crippen LogP contribution in [0.1, 0.15) is 11.1 Å². The number of nitrogens with one attached hydrogen (secondary N) is 4. The van der Waals surface area contributed by atoms with Crippen LogP contribution in [-0.2, 0) is 40.5 Å². The first kappa shape index (κ1) is 35.6. The van der Waals surface area contributed by atoms with Crippen LogP contribution in [-0.4, -0.2) is 78.5 Å². The highest BCUT2D eigenvalue weighted by Crippen LogP contribution is 2.38. The standard InChI is InChI=1S/C32H20N8O12S4/c41-53(42,43)13-1-5-17-21(9-13)29-33-25(17)37-30-22-10-14(54(44,45)46)2-6-18(22)27(34-30)39-32-24-12-16(56(50,51)52)4-8-20(24)28(36-32)40-31-23-11-15(55(47,48)49)3-7-19(23)26(35-31)38-29/h1-12H,(H,41,42,43)(H,44,45,46)(H,47,48,49)(H,50,51,52)(H4,33,34,35,36,37,38,39,40). The molecule has 8 N–H and O–H groups in total. The lowest BCUT2D eigenvalue weighted by molar-refractivity contribution is 0.481. The van der Waals surface area contributed by atoms with Crippen molar-refractivity contribution < 1.29 is 51.9 Å². The molecule has 0 atom stereocenters. The summed E-state index contributed by atoms with van der Waals surface area (Å²) < 4.78 is 137. The van der Waals surface area contributed by atoms with Crippen LogP contribution in [0.4, 0.5) is 23.3 Å². The molecule has 7 aromatic rings. The molecular formula is C32H20N8O12S4. The maximum atomic E-state index is 12.2. The van der Waals surface area contributed by atoms with Crippen molar-refractivity contribution in [3.63, 3.8) is 0 Å². The van der Waals surface area contributed by atoms with Crippen LogP contribution in [0.2, 0.25) is 0 Å². The molecule has 0 saturated heterocycles. The fraction of sp³-hybridized carbons (Fsp3) is 0. The van der Waals surface area contributed by atoms with Crippen molar-refractivity contribution in [2.45, 2.75) is 19.6 Å². The molecule has 20 nitrogen and oxygen atoms in total. The quantitative estimate of drug-likeness (QED) is 0.118. The van der Waals surface area contributed by atoms with Crippen molar-refractivity contribution in [3.05, 3.63) is 94.9 Å². The van der Waals surface area contributed by atoms with Crippen LogP contribution in [0.25, 0.3) is 32.3 Å². The normalized spacial score (nSPS) is 16.7. The van der Waals surface area contributed by atoms with Crippen LogP contribution in [0.15, 0.2) is 112 Å². The minimum Gasteiger partial charge on any atom is -0.325 e. The third-order valence-electron chi connectivity index (χ3n) is 9.04. The number of aromatic nitrogens is 3. The van der Waals surface area contributed by atoms with E-state index in [0.29, 0.717) is 5.39 Å². The predicted molar refractivity (Wildman–Crippen MR) is 199 cm³/mol. The highest BCUT2D eigenvalue weighted by Gasteiger charge is 2.28. The molecular weight excluding hydrogens is 817 g/mol. The summed E-state index contributed by atoms with van der Waals surface area (Å²) in [6, 6.07) is 14.4. The fourth-order valence-electron chi connectivity index (χ4n) is 6.49. The minimum absolute atomic E-state index is 0.00148. The molecule has 0 radical (unpaired) electrons. The number of amidine groups is 2. The van der Waals surface area contributed by atoms with E-state index < -0.39 is 60.1 Å². The molecule has 56 heavy (non-hydrogen) atoms. The lowest BCUT2D eigenvalue weighted by Gasteiger charge is -2.07. The van der Waals surface area contributed by atoms with E-state index in [4.69, 9.17) is 4.99 Å². The number of aromatic amines is 3. The summed E-state index contributed by atoms with van der Waals surface area (Å²) in [6.45, 7) is 0. The molecule has 3 aromatic heterocycles. The fourth-order valence-corrected chi connectivity index (χ4v) is 8.51. The number of hydrogen-bond acceptors (Lipinski definition) is 13. The second-order valence-corrected chi connectivity index (χ2v) is 18.2. The number of hydrogen-bond donors (Lipinski definition) is 8. The van der Waals surface area contributed by atoms with Crippen LogP contribution >= 0.6 is 0 Å². The number of nitrogens with zero attached hydrogens (tertiary/aromatic N) is 4. The third-order valence-corrected chi connectivity index (χ3v) is 12.4. The van der Waals surface area contributed by atoms with Crippen molar-refractivity contribution in [1.82, 2.24) is 15.0 Å². The molecule has 4 aromatic carbocycles. The molecule has 9 rings (SSSR count). The molecule has 0 spiro atoms. The molecule has 8 bridgehead atoms. The summed E-state index contributed by atoms with van der Waals surface area (Å²) in [5.74, 6) is 0.0611. The van der Waals surface area contributed by atoms with Gasteiger partial charge in [-0.15, -0.1) is 0 Å². The highest BCUT2D eigenvalue weighted by atomic mass is 32.2. The number of rotatable bonds is 4. The summed E-state index contributed by atoms with van der Waals surface area (Å²) in [6.07, 6.45) is 0. The summed E-state index contributed by atoms with van der Waals surface area (Å²) in [4.78, 5) is 25.7. The first-order chi connectivity index (χ1) is 26.2. The Morgan fingerprint density at radius 1 is 0.411 bits per heavy atom. The lowest BCUT2D eigenvalue weighted by atomic mass is 10.1. The Kier molecular flexibility index (Phi) is 7.43. The summed E-state index contributed by atoms with van der Waals surface area (Å²) in [5.41, 5.74) is 0.400. The van der Waals surface area contributed by atoms with Crippen LogP contribution in [0, 0.1) is 0 Å². The number of benzene rings is 4. The Labute approximate surface area is 313 Å². The van der Waals surface area contributed by atoms with E-state index in [-0.39, 0.29) is 84.0 Å². The van der Waals surface area contributed by atoms with Gasteiger partial charge in [-0.05, 0) is 72.8 Å². The van der Waals surface area contributed by atoms with Gasteiger partial charge < -0.3 is 20.3 Å². The van der Waals surface area contributed by atoms with Crippen molar-refractivity contribution in [2.24, 2.45) is 20.0 Å². The van der Waals surface area contributed by atoms with Crippen LogP contribution < -0.4 is 16.3 Å². The molecule has 0 fully saturated rings. The second-order valence-electron chi connectivity index (χ2n) is 12.5. The zero-order valence-corrected chi connectivity index (χ0v) is 30.7. The van der Waals surface area contributed by atoms with Gasteiger partial charge in [-0.1, -0.05) is 0 Å². The molecule has 0 amide bonds. The van der Waals surface area contributed by atoms with Gasteiger partial charge in [0.1, 0.15) is 40.1 Å². The summed E-state index contributed by atoms with van der Waals surface area (Å²) in [7, 11) is -18.9. The van der Waals surface area contributed by atoms with E-state index in [1.165, 1.54) is 24.3 Å². The van der Waals surface area contributed by atoms with Gasteiger partial charge in [0, 0.05) is 43.4 Å². The van der Waals surface area contributed by atoms with Gasteiger partial charge in [-0.2, -0.15) is 33.7 Å². The van der Waals surface area contributed by atoms with E-state index in [9.17, 15) is 51.9 Å². The Morgan fingerprint density at radius 3 is 1.48 bits per heavy atom. The van der Waals surface area contributed by atoms with Gasteiger partial charge in [0.15, 0.2) is 5.84 Å². The molecule has 5 heterocycles. The molecule has 0 unspecified atom stereocenters. The van der Waals surface area contributed by atoms with E-state index in [0.717, 1.165) is 48.5 Å². The van der Waals surface area contributed by atoms with Gasteiger partial charge in [0.05, 0.1) is 19.6 Å². The number of fused-ring (bicyclic) bond motifs is 19. The number of H-pyrrole nitrogens is 3. The van der Waals surface area contributed by atoms with Gasteiger partial charge in [-0.3, -0.25) is 18.2 Å². The molecule has 24 heteroatoms. The lowest BCUT2D eigenvalue weighted by Crippen LogP contribution is -2.13. The van der Waals surface area contributed by atoms with Crippen molar-refractivity contribution in [1.29, 1.82) is 0 Å². The van der Waals surface area contributed by atoms with Gasteiger partial charge >= 0.3 is 0 Å². The Bertz CT molecular complexity index is 3620. The van der Waals surface area contributed by atoms with Crippen LogP contribution in [0.3, 0.4) is 0 Å². The maximum absolute atomic E-state index is 12.2. The third kappa shape index (κ3) is 5.87. The zero-order chi connectivity index (χ0) is 39.7. The smallest absolute Gasteiger partial charge is 0.294 e. The molecule has 0 saturated carbocycles. The Morgan fingerprint density at radius 2 is 0.875 bits per heavy atom. The van der Waals surface area contributed by atoms with Crippen LogP contribution in [0.5, 0.6) is 0 Å². The Balaban J connectivity index is 1.44. The monoisotopic (exact) mass is 836 g/mol. The van der Waals surface area contributed by atoms with E-state index in [1.807, 2.05) is 0 Å². The number of anilines is 1. The SMILES string of the molecule is O=S(=O)(O)c1ccc2c(c1)C1=N/C2=N\c2[nH]c(c3ccc(S(=O)(=O)O)cc23)/N=c2\[nH]/c(c3ccc(S(=O)(=O)O)cc23)=N\c2[nH]c(c3ccc(S(=O)(=O)O)cc23)N1. The average molecular weight is 837 g/mol. The topological polar surface area (TPSA) is 326 Å². The van der Waals surface area contributed by atoms with Gasteiger partial charge in [0.25, 0.3) is 40.5 Å². The van der Waals surface area contributed by atoms with E-state index in [2.05, 4.69) is 35.2 Å². The largest absolute Gasteiger partial charge is 0.325 e. The summed E-state index contributed by atoms with van der Waals surface area (Å²) >= 11 is 0. The number of aliphatic imine (C=N–C) groups is 2. The van der Waals surface area contributed by atoms with Crippen molar-refractivity contribution in [3.8, 4) is 0 Å². The van der Waals surface area contributed by atoms with Gasteiger partial charge in [-0.25, -0.2) is 20.0 Å². The second kappa shape index (κ2) is 11.7. The zero-order valence-electron chi connectivity index (χ0n) is 27.4. The van der Waals surface area contributed by atoms with E-state index >= 15 is 0 Å². The molecule has 284 valence electrons. The minimum atomic E-state index is -4.72. The van der Waals surface area contributed by atoms with Crippen molar-refractivity contribution >= 4 is 108 Å². The van der Waals surface area contributed by atoms with Crippen molar-refractivity contribution in [2.75, 3.05) is 5.32 Å². The van der Waals surface area contributed by atoms with E-state index in [1.54, 1.807) is 0 Å². The Hall–Kier alpha value is -6.12. The average Bonchev–Trinajstić information content (AvgIpc) is 3.84. The first-order valence-electron chi connectivity index (χ1n) is 15.6. The van der Waals surface area contributed by atoms with Gasteiger partial charge in [0.2, 0.25) is 0 Å². The molecule has 2 aliphatic heterocycles. The highest BCUT2D eigenvalue weighted by molar-refractivity contribution is 7.86. The molecule has 0 aliphatic carbocycles. The predicted octanol–water partition coefficient (Wildman–Crippen LogP) is 3.28. The maximum Gasteiger partial charge on any atom is 0.294 e. The first-order valence-corrected chi connectivity index (χ1v) is 21.4. The molecule has 2 aliphatic rings.